The molecule has 0 saturated heterocycles. The number of hydrogen-bond donors (Lipinski definition) is 3. The van der Waals surface area contributed by atoms with Gasteiger partial charge in [0.25, 0.3) is 0 Å². The molecule has 0 spiro atoms. The number of aromatic carboxylic acids is 1. The predicted molar refractivity (Wildman–Crippen MR) is 73.5 cm³/mol. The SMILES string of the molecule is COc1ccc(C(=O)O)cc1S(=O)(=O)NC(C)(C)C(N)=O. The molecule has 1 rings (SSSR count). The molecule has 4 N–H and O–H groups in total. The standard InChI is InChI=1S/C12H16N2O6S/c1-12(2,11(13)17)14-21(18,19)9-6-7(10(15)16)4-5-8(9)20-3/h4-6,14H,1-3H3,(H2,13,17)(H,15,16). The van der Waals surface area contributed by atoms with Gasteiger partial charge in [-0.3, -0.25) is 4.79 Å². The minimum atomic E-state index is -4.20. The van der Waals surface area contributed by atoms with Crippen molar-refractivity contribution in [2.45, 2.75) is 24.3 Å². The summed E-state index contributed by atoms with van der Waals surface area (Å²) in [6, 6.07) is 3.37. The van der Waals surface area contributed by atoms with E-state index in [2.05, 4.69) is 4.72 Å². The Bertz CT molecular complexity index is 681. The van der Waals surface area contributed by atoms with E-state index >= 15 is 0 Å². The average Bonchev–Trinajstić information content (AvgIpc) is 2.36. The molecule has 21 heavy (non-hydrogen) atoms. The molecule has 0 radical (unpaired) electrons. The third-order valence-electron chi connectivity index (χ3n) is 2.71. The molecular weight excluding hydrogens is 300 g/mol. The summed E-state index contributed by atoms with van der Waals surface area (Å²) in [6.07, 6.45) is 0. The Balaban J connectivity index is 3.39. The number of rotatable bonds is 6. The number of carbonyl (C=O) groups is 2. The number of carboxylic acids is 1. The third kappa shape index (κ3) is 3.70. The molecule has 9 heteroatoms. The average molecular weight is 316 g/mol. The number of hydrogen-bond acceptors (Lipinski definition) is 5. The van der Waals surface area contributed by atoms with Crippen LogP contribution in [0.5, 0.6) is 5.75 Å². The summed E-state index contributed by atoms with van der Waals surface area (Å²) in [4.78, 5) is 21.8. The van der Waals surface area contributed by atoms with Gasteiger partial charge >= 0.3 is 5.97 Å². The molecule has 0 aliphatic rings. The number of amides is 1. The van der Waals surface area contributed by atoms with Crippen LogP contribution >= 0.6 is 0 Å². The first-order valence-electron chi connectivity index (χ1n) is 5.76. The van der Waals surface area contributed by atoms with E-state index in [1.54, 1.807) is 0 Å². The number of nitrogens with two attached hydrogens (primary N) is 1. The second kappa shape index (κ2) is 5.70. The highest BCUT2D eigenvalue weighted by atomic mass is 32.2. The molecule has 1 amide bonds. The van der Waals surface area contributed by atoms with Crippen LogP contribution in [0.1, 0.15) is 24.2 Å². The van der Waals surface area contributed by atoms with Crippen molar-refractivity contribution in [2.75, 3.05) is 7.11 Å². The summed E-state index contributed by atoms with van der Waals surface area (Å²) < 4.78 is 31.7. The van der Waals surface area contributed by atoms with E-state index in [9.17, 15) is 18.0 Å². The minimum Gasteiger partial charge on any atom is -0.495 e. The van der Waals surface area contributed by atoms with Crippen LogP contribution in [0.4, 0.5) is 0 Å². The summed E-state index contributed by atoms with van der Waals surface area (Å²) in [5, 5.41) is 8.93. The Morgan fingerprint density at radius 1 is 1.33 bits per heavy atom. The van der Waals surface area contributed by atoms with E-state index in [0.29, 0.717) is 0 Å². The van der Waals surface area contributed by atoms with Gasteiger partial charge in [-0.1, -0.05) is 0 Å². The quantitative estimate of drug-likeness (QED) is 0.672. The Morgan fingerprint density at radius 3 is 2.33 bits per heavy atom. The molecular formula is C12H16N2O6S. The third-order valence-corrected chi connectivity index (χ3v) is 4.38. The van der Waals surface area contributed by atoms with Crippen LogP contribution in [0.15, 0.2) is 23.1 Å². The molecule has 0 fully saturated rings. The summed E-state index contributed by atoms with van der Waals surface area (Å²) in [5.74, 6) is -2.21. The van der Waals surface area contributed by atoms with Crippen LogP contribution in [0.3, 0.4) is 0 Å². The summed E-state index contributed by atoms with van der Waals surface area (Å²) in [5.41, 5.74) is 3.35. The maximum atomic E-state index is 12.3. The number of ether oxygens (including phenoxy) is 1. The Morgan fingerprint density at radius 2 is 1.90 bits per heavy atom. The zero-order valence-corrected chi connectivity index (χ0v) is 12.5. The first-order valence-corrected chi connectivity index (χ1v) is 7.25. The highest BCUT2D eigenvalue weighted by molar-refractivity contribution is 7.89. The number of methoxy groups -OCH3 is 1. The smallest absolute Gasteiger partial charge is 0.335 e. The second-order valence-electron chi connectivity index (χ2n) is 4.77. The van der Waals surface area contributed by atoms with Crippen LogP contribution in [-0.4, -0.2) is 38.0 Å². The van der Waals surface area contributed by atoms with Crippen molar-refractivity contribution in [1.82, 2.24) is 4.72 Å². The monoisotopic (exact) mass is 316 g/mol. The fraction of sp³-hybridized carbons (Fsp3) is 0.333. The number of benzene rings is 1. The lowest BCUT2D eigenvalue weighted by molar-refractivity contribution is -0.122. The highest BCUT2D eigenvalue weighted by Crippen LogP contribution is 2.26. The largest absolute Gasteiger partial charge is 0.495 e. The van der Waals surface area contributed by atoms with Gasteiger partial charge in [-0.2, -0.15) is 4.72 Å². The van der Waals surface area contributed by atoms with Crippen molar-refractivity contribution < 1.29 is 27.9 Å². The molecule has 1 aromatic carbocycles. The van der Waals surface area contributed by atoms with Crippen LogP contribution in [0, 0.1) is 0 Å². The van der Waals surface area contributed by atoms with Crippen LogP contribution in [-0.2, 0) is 14.8 Å². The van der Waals surface area contributed by atoms with Gasteiger partial charge < -0.3 is 15.6 Å². The van der Waals surface area contributed by atoms with Crippen LogP contribution in [0.25, 0.3) is 0 Å². The molecule has 0 saturated carbocycles. The molecule has 0 aromatic heterocycles. The van der Waals surface area contributed by atoms with E-state index in [4.69, 9.17) is 15.6 Å². The molecule has 0 heterocycles. The van der Waals surface area contributed by atoms with Crippen molar-refractivity contribution in [3.05, 3.63) is 23.8 Å². The maximum Gasteiger partial charge on any atom is 0.335 e. The Kier molecular flexibility index (Phi) is 4.59. The summed E-state index contributed by atoms with van der Waals surface area (Å²) >= 11 is 0. The lowest BCUT2D eigenvalue weighted by Gasteiger charge is -2.22. The van der Waals surface area contributed by atoms with Crippen molar-refractivity contribution >= 4 is 21.9 Å². The molecule has 0 atom stereocenters. The first kappa shape index (κ1) is 16.9. The lowest BCUT2D eigenvalue weighted by atomic mass is 10.1. The summed E-state index contributed by atoms with van der Waals surface area (Å²) in [7, 11) is -2.96. The Hall–Kier alpha value is -2.13. The molecule has 0 aliphatic carbocycles. The van der Waals surface area contributed by atoms with E-state index in [0.717, 1.165) is 6.07 Å². The minimum absolute atomic E-state index is 0.0484. The topological polar surface area (TPSA) is 136 Å². The predicted octanol–water partition coefficient (Wildman–Crippen LogP) is -0.0644. The summed E-state index contributed by atoms with van der Waals surface area (Å²) in [6.45, 7) is 2.58. The van der Waals surface area contributed by atoms with Gasteiger partial charge in [-0.15, -0.1) is 0 Å². The van der Waals surface area contributed by atoms with Gasteiger partial charge in [0.2, 0.25) is 15.9 Å². The molecule has 8 nitrogen and oxygen atoms in total. The number of carboxylic acid groups (broad SMARTS) is 1. The molecule has 0 unspecified atom stereocenters. The zero-order chi connectivity index (χ0) is 16.4. The van der Waals surface area contributed by atoms with Gasteiger partial charge in [-0.05, 0) is 32.0 Å². The van der Waals surface area contributed by atoms with Gasteiger partial charge in [0.05, 0.1) is 12.7 Å². The zero-order valence-electron chi connectivity index (χ0n) is 11.7. The van der Waals surface area contributed by atoms with Crippen molar-refractivity contribution in [2.24, 2.45) is 5.73 Å². The molecule has 0 bridgehead atoms. The molecule has 0 aliphatic heterocycles. The molecule has 1 aromatic rings. The van der Waals surface area contributed by atoms with E-state index in [1.165, 1.54) is 33.1 Å². The van der Waals surface area contributed by atoms with Crippen molar-refractivity contribution in [3.8, 4) is 5.75 Å². The van der Waals surface area contributed by atoms with Crippen molar-refractivity contribution in [3.63, 3.8) is 0 Å². The number of nitrogens with one attached hydrogen (secondary N) is 1. The molecule has 116 valence electrons. The van der Waals surface area contributed by atoms with E-state index in [1.807, 2.05) is 0 Å². The van der Waals surface area contributed by atoms with Gasteiger partial charge in [-0.25, -0.2) is 13.2 Å². The first-order chi connectivity index (χ1) is 9.51. The maximum absolute atomic E-state index is 12.3. The fourth-order valence-electron chi connectivity index (χ4n) is 1.46. The van der Waals surface area contributed by atoms with Crippen LogP contribution < -0.4 is 15.2 Å². The fourth-order valence-corrected chi connectivity index (χ4v) is 3.04. The van der Waals surface area contributed by atoms with Crippen LogP contribution in [0.2, 0.25) is 0 Å². The van der Waals surface area contributed by atoms with Gasteiger partial charge in [0.15, 0.2) is 0 Å². The number of primary amides is 1. The van der Waals surface area contributed by atoms with Gasteiger partial charge in [0.1, 0.15) is 16.2 Å². The van der Waals surface area contributed by atoms with E-state index in [-0.39, 0.29) is 16.2 Å². The van der Waals surface area contributed by atoms with Crippen molar-refractivity contribution in [1.29, 1.82) is 0 Å². The normalized spacial score (nSPS) is 12.0. The second-order valence-corrected chi connectivity index (χ2v) is 6.42. The Labute approximate surface area is 122 Å². The number of sulfonamides is 1. The lowest BCUT2D eigenvalue weighted by Crippen LogP contribution is -2.52. The van der Waals surface area contributed by atoms with E-state index < -0.39 is 27.4 Å². The number of carbonyl (C=O) groups excluding carboxylic acids is 1. The highest BCUT2D eigenvalue weighted by Gasteiger charge is 2.33. The van der Waals surface area contributed by atoms with Gasteiger partial charge in [0, 0.05) is 0 Å².